The fourth-order valence-corrected chi connectivity index (χ4v) is 5.40. The Labute approximate surface area is 225 Å². The number of rotatable bonds is 7. The zero-order valence-electron chi connectivity index (χ0n) is 22.2. The maximum absolute atomic E-state index is 13.9. The van der Waals surface area contributed by atoms with Gasteiger partial charge in [0.2, 0.25) is 6.79 Å². The monoisotopic (exact) mass is 534 g/mol. The van der Waals surface area contributed by atoms with Crippen molar-refractivity contribution >= 4 is 17.4 Å². The molecule has 10 heteroatoms. The lowest BCUT2D eigenvalue weighted by molar-refractivity contribution is -0.385. The number of dihydropyridines is 1. The molecule has 10 nitrogen and oxygen atoms in total. The molecular weight excluding hydrogens is 504 g/mol. The van der Waals surface area contributed by atoms with Crippen LogP contribution >= 0.6 is 0 Å². The van der Waals surface area contributed by atoms with Crippen molar-refractivity contribution in [1.82, 2.24) is 5.32 Å². The summed E-state index contributed by atoms with van der Waals surface area (Å²) in [7, 11) is 1.59. The van der Waals surface area contributed by atoms with Gasteiger partial charge >= 0.3 is 5.97 Å². The third kappa shape index (κ3) is 4.82. The number of fused-ring (bicyclic) bond motifs is 1. The Morgan fingerprint density at radius 2 is 1.87 bits per heavy atom. The molecule has 0 fully saturated rings. The van der Waals surface area contributed by atoms with E-state index < -0.39 is 16.8 Å². The second-order valence-electron chi connectivity index (χ2n) is 9.94. The summed E-state index contributed by atoms with van der Waals surface area (Å²) in [6.45, 7) is 5.32. The number of Topliss-reactive ketones (excluding diaryl/α,β-unsaturated/α-hetero) is 1. The van der Waals surface area contributed by atoms with Crippen molar-refractivity contribution in [3.8, 4) is 17.2 Å². The van der Waals surface area contributed by atoms with E-state index in [-0.39, 0.29) is 53.6 Å². The molecule has 0 amide bonds. The van der Waals surface area contributed by atoms with Gasteiger partial charge in [0.05, 0.1) is 35.7 Å². The van der Waals surface area contributed by atoms with E-state index in [1.807, 2.05) is 31.2 Å². The van der Waals surface area contributed by atoms with Gasteiger partial charge in [-0.05, 0) is 56.4 Å². The third-order valence-electron chi connectivity index (χ3n) is 7.55. The summed E-state index contributed by atoms with van der Waals surface area (Å²) >= 11 is 0. The molecule has 2 aromatic rings. The molecule has 0 radical (unpaired) electrons. The van der Waals surface area contributed by atoms with Gasteiger partial charge in [-0.15, -0.1) is 0 Å². The number of carbonyl (C=O) groups excluding carboxylic acids is 2. The molecule has 1 aliphatic carbocycles. The molecule has 0 bridgehead atoms. The Hall–Kier alpha value is -4.34. The quantitative estimate of drug-likeness (QED) is 0.295. The SMILES string of the molecule is CCC(C)OC(=O)C1=C(C)NC2=C(C(=O)CC(c3ccc(OC)cc3)C2)C1c1cc2c(cc1[N+](=O)[O-])OCO2. The smallest absolute Gasteiger partial charge is 0.337 e. The predicted molar refractivity (Wildman–Crippen MR) is 141 cm³/mol. The van der Waals surface area contributed by atoms with Gasteiger partial charge in [0, 0.05) is 29.0 Å². The van der Waals surface area contributed by atoms with Crippen LogP contribution in [0.2, 0.25) is 0 Å². The highest BCUT2D eigenvalue weighted by molar-refractivity contribution is 6.04. The highest BCUT2D eigenvalue weighted by atomic mass is 16.7. The van der Waals surface area contributed by atoms with Crippen LogP contribution in [-0.4, -0.2) is 36.7 Å². The Balaban J connectivity index is 1.64. The number of ether oxygens (including phenoxy) is 4. The normalized spacial score (nSPS) is 20.8. The van der Waals surface area contributed by atoms with E-state index in [1.165, 1.54) is 12.1 Å². The number of nitrogens with one attached hydrogen (secondary N) is 1. The molecule has 2 heterocycles. The summed E-state index contributed by atoms with van der Waals surface area (Å²) in [5.41, 5.74) is 2.54. The Kier molecular flexibility index (Phi) is 7.03. The maximum atomic E-state index is 13.9. The van der Waals surface area contributed by atoms with Gasteiger partial charge in [0.1, 0.15) is 5.75 Å². The van der Waals surface area contributed by atoms with Crippen LogP contribution in [0.1, 0.15) is 63.0 Å². The number of hydrogen-bond donors (Lipinski definition) is 1. The number of carbonyl (C=O) groups is 2. The topological polar surface area (TPSA) is 126 Å². The highest BCUT2D eigenvalue weighted by Gasteiger charge is 2.44. The second-order valence-corrected chi connectivity index (χ2v) is 9.94. The van der Waals surface area contributed by atoms with Gasteiger partial charge in [-0.2, -0.15) is 0 Å². The van der Waals surface area contributed by atoms with E-state index in [1.54, 1.807) is 21.0 Å². The van der Waals surface area contributed by atoms with E-state index in [9.17, 15) is 19.7 Å². The maximum Gasteiger partial charge on any atom is 0.337 e. The van der Waals surface area contributed by atoms with Crippen LogP contribution in [0.5, 0.6) is 17.2 Å². The molecular formula is C29H30N2O8. The first-order chi connectivity index (χ1) is 18.7. The first-order valence-electron chi connectivity index (χ1n) is 12.9. The molecule has 0 spiro atoms. The van der Waals surface area contributed by atoms with Crippen molar-refractivity contribution in [2.45, 2.75) is 58.0 Å². The Morgan fingerprint density at radius 1 is 1.18 bits per heavy atom. The van der Waals surface area contributed by atoms with E-state index in [0.717, 1.165) is 11.3 Å². The van der Waals surface area contributed by atoms with E-state index in [4.69, 9.17) is 18.9 Å². The summed E-state index contributed by atoms with van der Waals surface area (Å²) in [5, 5.41) is 15.5. The summed E-state index contributed by atoms with van der Waals surface area (Å²) in [6.07, 6.45) is 0.903. The number of ketones is 1. The zero-order chi connectivity index (χ0) is 27.8. The largest absolute Gasteiger partial charge is 0.497 e. The lowest BCUT2D eigenvalue weighted by Crippen LogP contribution is -2.36. The fraction of sp³-hybridized carbons (Fsp3) is 0.379. The molecule has 2 aromatic carbocycles. The van der Waals surface area contributed by atoms with Gasteiger partial charge < -0.3 is 24.3 Å². The van der Waals surface area contributed by atoms with E-state index in [0.29, 0.717) is 35.6 Å². The van der Waals surface area contributed by atoms with Gasteiger partial charge in [0.25, 0.3) is 5.69 Å². The van der Waals surface area contributed by atoms with Crippen molar-refractivity contribution in [3.63, 3.8) is 0 Å². The van der Waals surface area contributed by atoms with Crippen molar-refractivity contribution in [2.75, 3.05) is 13.9 Å². The van der Waals surface area contributed by atoms with Crippen molar-refractivity contribution in [2.24, 2.45) is 0 Å². The number of allylic oxidation sites excluding steroid dienone is 3. The second kappa shape index (κ2) is 10.4. The molecule has 3 unspecified atom stereocenters. The van der Waals surface area contributed by atoms with Gasteiger partial charge in [0.15, 0.2) is 17.3 Å². The van der Waals surface area contributed by atoms with Crippen LogP contribution in [0.4, 0.5) is 5.69 Å². The summed E-state index contributed by atoms with van der Waals surface area (Å²) in [6, 6.07) is 10.4. The van der Waals surface area contributed by atoms with Crippen LogP contribution in [0.15, 0.2) is 58.9 Å². The van der Waals surface area contributed by atoms with Crippen LogP contribution in [0.3, 0.4) is 0 Å². The lowest BCUT2D eigenvalue weighted by atomic mass is 9.71. The number of nitrogens with zero attached hydrogens (tertiary/aromatic N) is 1. The Morgan fingerprint density at radius 3 is 2.51 bits per heavy atom. The third-order valence-corrected chi connectivity index (χ3v) is 7.55. The average molecular weight is 535 g/mol. The molecule has 0 saturated carbocycles. The molecule has 0 aromatic heterocycles. The number of nitro groups is 1. The minimum atomic E-state index is -1.00. The molecule has 2 aliphatic heterocycles. The van der Waals surface area contributed by atoms with Crippen molar-refractivity contribution in [1.29, 1.82) is 0 Å². The fourth-order valence-electron chi connectivity index (χ4n) is 5.40. The van der Waals surface area contributed by atoms with Gasteiger partial charge in [-0.3, -0.25) is 14.9 Å². The van der Waals surface area contributed by atoms with Crippen LogP contribution < -0.4 is 19.5 Å². The summed E-state index contributed by atoms with van der Waals surface area (Å²) in [5.74, 6) is -0.642. The highest BCUT2D eigenvalue weighted by Crippen LogP contribution is 2.50. The van der Waals surface area contributed by atoms with E-state index in [2.05, 4.69) is 5.32 Å². The van der Waals surface area contributed by atoms with Gasteiger partial charge in [-0.1, -0.05) is 19.1 Å². The zero-order valence-corrected chi connectivity index (χ0v) is 22.2. The van der Waals surface area contributed by atoms with Crippen LogP contribution in [0.25, 0.3) is 0 Å². The average Bonchev–Trinajstić information content (AvgIpc) is 3.39. The first kappa shape index (κ1) is 26.3. The summed E-state index contributed by atoms with van der Waals surface area (Å²) < 4.78 is 21.8. The van der Waals surface area contributed by atoms with E-state index >= 15 is 0 Å². The minimum Gasteiger partial charge on any atom is -0.497 e. The lowest BCUT2D eigenvalue weighted by Gasteiger charge is -2.36. The summed E-state index contributed by atoms with van der Waals surface area (Å²) in [4.78, 5) is 39.1. The molecule has 3 aliphatic rings. The molecule has 204 valence electrons. The molecule has 0 saturated heterocycles. The standard InChI is InChI=1S/C29H30N2O8/c1-5-15(2)39-29(33)26-16(3)30-21-10-18(17-6-8-19(36-4)9-7-17)11-23(32)28(21)27(26)20-12-24-25(38-14-37-24)13-22(20)31(34)35/h6-9,12-13,15,18,27,30H,5,10-11,14H2,1-4H3. The molecule has 3 atom stereocenters. The number of methoxy groups -OCH3 is 1. The van der Waals surface area contributed by atoms with Gasteiger partial charge in [-0.25, -0.2) is 4.79 Å². The molecule has 1 N–H and O–H groups in total. The molecule has 5 rings (SSSR count). The number of hydrogen-bond acceptors (Lipinski definition) is 9. The number of esters is 1. The molecule has 39 heavy (non-hydrogen) atoms. The minimum absolute atomic E-state index is 0.0731. The van der Waals surface area contributed by atoms with Crippen LogP contribution in [-0.2, 0) is 14.3 Å². The van der Waals surface area contributed by atoms with Crippen molar-refractivity contribution in [3.05, 3.63) is 80.2 Å². The van der Waals surface area contributed by atoms with Crippen molar-refractivity contribution < 1.29 is 33.5 Å². The Bertz CT molecular complexity index is 1410. The number of nitro benzene ring substituents is 1. The number of benzene rings is 2. The van der Waals surface area contributed by atoms with Crippen LogP contribution in [0, 0.1) is 10.1 Å². The first-order valence-corrected chi connectivity index (χ1v) is 12.9. The predicted octanol–water partition coefficient (Wildman–Crippen LogP) is 5.04.